The molecule has 2 heterocycles. The number of hydrogen-bond donors (Lipinski definition) is 3. The summed E-state index contributed by atoms with van der Waals surface area (Å²) in [6.07, 6.45) is 2.19. The van der Waals surface area contributed by atoms with Gasteiger partial charge in [-0.1, -0.05) is 6.07 Å². The minimum Gasteiger partial charge on any atom is -0.371 e. The van der Waals surface area contributed by atoms with E-state index in [1.165, 1.54) is 12.1 Å². The molecule has 0 aliphatic carbocycles. The van der Waals surface area contributed by atoms with Crippen LogP contribution in [-0.2, 0) is 11.2 Å². The van der Waals surface area contributed by atoms with Crippen LogP contribution in [0.5, 0.6) is 0 Å². The van der Waals surface area contributed by atoms with Crippen LogP contribution in [0.1, 0.15) is 18.4 Å². The summed E-state index contributed by atoms with van der Waals surface area (Å²) in [7, 11) is 0. The summed E-state index contributed by atoms with van der Waals surface area (Å²) >= 11 is 0. The van der Waals surface area contributed by atoms with Crippen molar-refractivity contribution < 1.29 is 14.0 Å². The van der Waals surface area contributed by atoms with Gasteiger partial charge < -0.3 is 20.9 Å². The minimum atomic E-state index is -0.262. The first-order valence-electron chi connectivity index (χ1n) is 9.55. The second-order valence-corrected chi connectivity index (χ2v) is 7.33. The largest absolute Gasteiger partial charge is 0.371 e. The molecule has 7 heteroatoms. The molecule has 0 radical (unpaired) electrons. The summed E-state index contributed by atoms with van der Waals surface area (Å²) in [6, 6.07) is 11.8. The normalized spacial score (nSPS) is 18.4. The van der Waals surface area contributed by atoms with Gasteiger partial charge in [-0.3, -0.25) is 4.79 Å². The van der Waals surface area contributed by atoms with E-state index in [9.17, 15) is 14.0 Å². The summed E-state index contributed by atoms with van der Waals surface area (Å²) in [5, 5.41) is 8.58. The van der Waals surface area contributed by atoms with Gasteiger partial charge in [0.25, 0.3) is 0 Å². The lowest BCUT2D eigenvalue weighted by molar-refractivity contribution is -0.116. The standard InChI is InChI=1S/C21H23FN4O2/c22-16-3-6-18(7-4-16)26-10-9-14(13-26)12-23-21(28)24-17-5-1-15-2-8-20(27)25-19(15)11-17/h1,3-7,11,14H,2,8-10,12-13H2,(H,25,27)(H2,23,24,28). The number of aryl methyl sites for hydroxylation is 1. The molecular formula is C21H23FN4O2. The molecule has 1 unspecified atom stereocenters. The molecule has 146 valence electrons. The van der Waals surface area contributed by atoms with Crippen LogP contribution in [0.4, 0.5) is 26.2 Å². The van der Waals surface area contributed by atoms with Gasteiger partial charge in [0.2, 0.25) is 5.91 Å². The number of carbonyl (C=O) groups excluding carboxylic acids is 2. The summed E-state index contributed by atoms with van der Waals surface area (Å²) in [5.41, 5.74) is 3.50. The fourth-order valence-electron chi connectivity index (χ4n) is 3.75. The maximum Gasteiger partial charge on any atom is 0.319 e. The third-order valence-electron chi connectivity index (χ3n) is 5.29. The van der Waals surface area contributed by atoms with Crippen molar-refractivity contribution in [3.63, 3.8) is 0 Å². The molecule has 0 aromatic heterocycles. The second kappa shape index (κ2) is 7.88. The summed E-state index contributed by atoms with van der Waals surface area (Å²) in [5.74, 6) is 0.110. The van der Waals surface area contributed by atoms with Gasteiger partial charge in [-0.15, -0.1) is 0 Å². The number of nitrogens with zero attached hydrogens (tertiary/aromatic N) is 1. The van der Waals surface area contributed by atoms with E-state index in [0.717, 1.165) is 42.9 Å². The number of carbonyl (C=O) groups is 2. The number of nitrogens with one attached hydrogen (secondary N) is 3. The Morgan fingerprint density at radius 2 is 2.00 bits per heavy atom. The van der Waals surface area contributed by atoms with Crippen LogP contribution in [-0.4, -0.2) is 31.6 Å². The zero-order valence-corrected chi connectivity index (χ0v) is 15.5. The fourth-order valence-corrected chi connectivity index (χ4v) is 3.75. The highest BCUT2D eigenvalue weighted by Gasteiger charge is 2.23. The van der Waals surface area contributed by atoms with Crippen molar-refractivity contribution in [2.45, 2.75) is 19.3 Å². The van der Waals surface area contributed by atoms with Gasteiger partial charge in [0.05, 0.1) is 0 Å². The first-order valence-corrected chi connectivity index (χ1v) is 9.55. The highest BCUT2D eigenvalue weighted by Crippen LogP contribution is 2.26. The molecule has 1 atom stereocenters. The zero-order valence-electron chi connectivity index (χ0n) is 15.5. The van der Waals surface area contributed by atoms with E-state index in [2.05, 4.69) is 20.9 Å². The number of amides is 3. The number of halogens is 1. The lowest BCUT2D eigenvalue weighted by atomic mass is 10.0. The van der Waals surface area contributed by atoms with Gasteiger partial charge in [-0.2, -0.15) is 0 Å². The Kier molecular flexibility index (Phi) is 5.14. The summed E-state index contributed by atoms with van der Waals surface area (Å²) < 4.78 is 13.1. The molecule has 6 nitrogen and oxygen atoms in total. The Bertz CT molecular complexity index is 884. The van der Waals surface area contributed by atoms with E-state index in [-0.39, 0.29) is 17.8 Å². The van der Waals surface area contributed by atoms with Gasteiger partial charge in [-0.05, 0) is 60.7 Å². The van der Waals surface area contributed by atoms with Crippen LogP contribution < -0.4 is 20.9 Å². The molecule has 2 aliphatic heterocycles. The molecule has 0 bridgehead atoms. The summed E-state index contributed by atoms with van der Waals surface area (Å²) in [4.78, 5) is 26.0. The second-order valence-electron chi connectivity index (χ2n) is 7.33. The van der Waals surface area contributed by atoms with Crippen LogP contribution in [0.25, 0.3) is 0 Å². The maximum atomic E-state index is 13.1. The van der Waals surface area contributed by atoms with Crippen LogP contribution in [0.3, 0.4) is 0 Å². The lowest BCUT2D eigenvalue weighted by Gasteiger charge is -2.19. The monoisotopic (exact) mass is 382 g/mol. The van der Waals surface area contributed by atoms with E-state index < -0.39 is 0 Å². The molecule has 1 saturated heterocycles. The molecule has 0 saturated carbocycles. The van der Waals surface area contributed by atoms with Crippen LogP contribution in [0.15, 0.2) is 42.5 Å². The van der Waals surface area contributed by atoms with Crippen molar-refractivity contribution in [3.05, 3.63) is 53.8 Å². The average Bonchev–Trinajstić information content (AvgIpc) is 3.16. The first-order chi connectivity index (χ1) is 13.6. The topological polar surface area (TPSA) is 73.5 Å². The Balaban J connectivity index is 1.26. The first kappa shape index (κ1) is 18.3. The molecule has 2 aliphatic rings. The molecule has 0 spiro atoms. The van der Waals surface area contributed by atoms with Crippen LogP contribution in [0, 0.1) is 11.7 Å². The van der Waals surface area contributed by atoms with Gasteiger partial charge >= 0.3 is 6.03 Å². The Labute approximate surface area is 163 Å². The SMILES string of the molecule is O=C1CCc2ccc(NC(=O)NCC3CCN(c4ccc(F)cc4)C3)cc2N1. The molecule has 3 N–H and O–H groups in total. The fraction of sp³-hybridized carbons (Fsp3) is 0.333. The van der Waals surface area contributed by atoms with Crippen molar-refractivity contribution in [1.82, 2.24) is 5.32 Å². The molecule has 28 heavy (non-hydrogen) atoms. The Hall–Kier alpha value is -3.09. The number of anilines is 3. The third kappa shape index (κ3) is 4.24. The van der Waals surface area contributed by atoms with Crippen molar-refractivity contribution in [1.29, 1.82) is 0 Å². The number of benzene rings is 2. The number of rotatable bonds is 4. The quantitative estimate of drug-likeness (QED) is 0.759. The van der Waals surface area contributed by atoms with Crippen molar-refractivity contribution in [2.24, 2.45) is 5.92 Å². The molecule has 3 amide bonds. The minimum absolute atomic E-state index is 0.000966. The highest BCUT2D eigenvalue weighted by molar-refractivity contribution is 5.96. The maximum absolute atomic E-state index is 13.1. The smallest absolute Gasteiger partial charge is 0.319 e. The van der Waals surface area contributed by atoms with Gasteiger partial charge in [0.15, 0.2) is 0 Å². The molecule has 1 fully saturated rings. The Morgan fingerprint density at radius 3 is 2.82 bits per heavy atom. The molecular weight excluding hydrogens is 359 g/mol. The van der Waals surface area contributed by atoms with Gasteiger partial charge in [0, 0.05) is 43.1 Å². The van der Waals surface area contributed by atoms with Gasteiger partial charge in [0.1, 0.15) is 5.82 Å². The number of hydrogen-bond acceptors (Lipinski definition) is 3. The third-order valence-corrected chi connectivity index (χ3v) is 5.29. The summed E-state index contributed by atoms with van der Waals surface area (Å²) in [6.45, 7) is 2.30. The van der Waals surface area contributed by atoms with E-state index in [4.69, 9.17) is 0 Å². The van der Waals surface area contributed by atoms with E-state index in [0.29, 0.717) is 24.6 Å². The Morgan fingerprint density at radius 1 is 1.18 bits per heavy atom. The van der Waals surface area contributed by atoms with Crippen LogP contribution in [0.2, 0.25) is 0 Å². The van der Waals surface area contributed by atoms with Crippen LogP contribution >= 0.6 is 0 Å². The molecule has 4 rings (SSSR count). The molecule has 2 aromatic carbocycles. The highest BCUT2D eigenvalue weighted by atomic mass is 19.1. The van der Waals surface area contributed by atoms with Crippen molar-refractivity contribution in [3.8, 4) is 0 Å². The lowest BCUT2D eigenvalue weighted by Crippen LogP contribution is -2.34. The van der Waals surface area contributed by atoms with Gasteiger partial charge in [-0.25, -0.2) is 9.18 Å². The number of fused-ring (bicyclic) bond motifs is 1. The van der Waals surface area contributed by atoms with E-state index >= 15 is 0 Å². The predicted octanol–water partition coefficient (Wildman–Crippen LogP) is 3.36. The van der Waals surface area contributed by atoms with E-state index in [1.807, 2.05) is 12.1 Å². The number of urea groups is 1. The molecule has 2 aromatic rings. The predicted molar refractivity (Wildman–Crippen MR) is 107 cm³/mol. The van der Waals surface area contributed by atoms with Crippen molar-refractivity contribution >= 4 is 29.0 Å². The zero-order chi connectivity index (χ0) is 19.5. The van der Waals surface area contributed by atoms with Crippen molar-refractivity contribution in [2.75, 3.05) is 35.2 Å². The van der Waals surface area contributed by atoms with E-state index in [1.54, 1.807) is 18.2 Å². The average molecular weight is 382 g/mol.